The highest BCUT2D eigenvalue weighted by atomic mass is 32.1. The van der Waals surface area contributed by atoms with Crippen LogP contribution in [-0.2, 0) is 21.7 Å². The minimum Gasteiger partial charge on any atom is -0.311 e. The third-order valence-corrected chi connectivity index (χ3v) is 17.6. The van der Waals surface area contributed by atoms with Crippen molar-refractivity contribution in [1.82, 2.24) is 0 Å². The van der Waals surface area contributed by atoms with Gasteiger partial charge in [-0.15, -0.1) is 11.3 Å². The van der Waals surface area contributed by atoms with Crippen LogP contribution in [0.25, 0.3) is 10.1 Å². The summed E-state index contributed by atoms with van der Waals surface area (Å²) in [5.41, 5.74) is 18.2. The standard InChI is InChI=1S/C59H69BN2S/c1-56(2,3)39-14-20-43(21-15-39)61-49-25-18-42(59(10,11)12)34-48(49)60-53-50(61)31-38(46-30-36-27-35-13-24-45(46)37(28-35)29-36)32-51(53)62(44-22-16-40(17-23-44)57(4,5)6)54-47-33-41(58(7,8)9)19-26-52(47)63-55(54)60/h14-23,25-26,31-37,45-46H,13,24,27-30H2,1-12H3. The van der Waals surface area contributed by atoms with Gasteiger partial charge in [-0.1, -0.05) is 132 Å². The molecule has 4 heteroatoms. The quantitative estimate of drug-likeness (QED) is 0.163. The summed E-state index contributed by atoms with van der Waals surface area (Å²) in [4.78, 5) is 5.43. The van der Waals surface area contributed by atoms with E-state index in [0.717, 1.165) is 23.7 Å². The van der Waals surface area contributed by atoms with Crippen LogP contribution >= 0.6 is 11.3 Å². The monoisotopic (exact) mass is 849 g/mol. The van der Waals surface area contributed by atoms with E-state index >= 15 is 0 Å². The fourth-order valence-corrected chi connectivity index (χ4v) is 14.2. The molecule has 1 aromatic heterocycles. The van der Waals surface area contributed by atoms with E-state index in [0.29, 0.717) is 5.92 Å². The number of hydrogen-bond donors (Lipinski definition) is 0. The molecule has 0 spiro atoms. The van der Waals surface area contributed by atoms with Crippen molar-refractivity contribution in [3.8, 4) is 0 Å². The Bertz CT molecular complexity index is 2760. The lowest BCUT2D eigenvalue weighted by atomic mass is 9.36. The van der Waals surface area contributed by atoms with Crippen LogP contribution in [0.5, 0.6) is 0 Å². The Hall–Kier alpha value is -4.28. The predicted octanol–water partition coefficient (Wildman–Crippen LogP) is 15.1. The van der Waals surface area contributed by atoms with Crippen molar-refractivity contribution in [2.45, 2.75) is 149 Å². The van der Waals surface area contributed by atoms with Gasteiger partial charge in [0.05, 0.1) is 5.69 Å². The molecule has 5 aromatic carbocycles. The van der Waals surface area contributed by atoms with Crippen molar-refractivity contribution in [3.05, 3.63) is 125 Å². The average molecular weight is 849 g/mol. The lowest BCUT2D eigenvalue weighted by Gasteiger charge is -2.52. The molecule has 3 aliphatic carbocycles. The normalized spacial score (nSPS) is 22.9. The molecule has 3 heterocycles. The summed E-state index contributed by atoms with van der Waals surface area (Å²) in [5, 5.41) is 1.39. The van der Waals surface area contributed by atoms with E-state index in [9.17, 15) is 0 Å². The van der Waals surface area contributed by atoms with Gasteiger partial charge in [-0.3, -0.25) is 0 Å². The number of nitrogens with zero attached hydrogens (tertiary/aromatic N) is 2. The van der Waals surface area contributed by atoms with Crippen LogP contribution in [0.2, 0.25) is 0 Å². The second-order valence-electron chi connectivity index (χ2n) is 24.8. The van der Waals surface area contributed by atoms with Gasteiger partial charge in [-0.25, -0.2) is 0 Å². The maximum Gasteiger partial charge on any atom is 0.264 e. The summed E-state index contributed by atoms with van der Waals surface area (Å²) in [6.07, 6.45) is 8.52. The first kappa shape index (κ1) is 41.4. The van der Waals surface area contributed by atoms with Crippen LogP contribution in [0.3, 0.4) is 0 Å². The Balaban J connectivity index is 1.24. The molecule has 0 amide bonds. The molecule has 5 atom stereocenters. The summed E-state index contributed by atoms with van der Waals surface area (Å²) >= 11 is 2.03. The first-order valence-electron chi connectivity index (χ1n) is 24.4. The van der Waals surface area contributed by atoms with Crippen LogP contribution in [0.15, 0.2) is 97.1 Å². The van der Waals surface area contributed by atoms with Crippen LogP contribution in [-0.4, -0.2) is 6.71 Å². The molecule has 63 heavy (non-hydrogen) atoms. The molecular formula is C59H69BN2S. The smallest absolute Gasteiger partial charge is 0.264 e. The first-order valence-corrected chi connectivity index (χ1v) is 25.2. The zero-order valence-corrected chi connectivity index (χ0v) is 41.1. The molecule has 3 saturated carbocycles. The Kier molecular flexibility index (Phi) is 9.28. The van der Waals surface area contributed by atoms with Gasteiger partial charge in [0, 0.05) is 43.3 Å². The molecule has 11 rings (SSSR count). The van der Waals surface area contributed by atoms with Crippen LogP contribution < -0.4 is 25.5 Å². The Morgan fingerprint density at radius 1 is 0.508 bits per heavy atom. The van der Waals surface area contributed by atoms with Crippen molar-refractivity contribution in [3.63, 3.8) is 0 Å². The topological polar surface area (TPSA) is 6.48 Å². The van der Waals surface area contributed by atoms with Crippen molar-refractivity contribution in [2.24, 2.45) is 23.7 Å². The van der Waals surface area contributed by atoms with Gasteiger partial charge < -0.3 is 9.80 Å². The molecule has 5 unspecified atom stereocenters. The van der Waals surface area contributed by atoms with E-state index in [1.807, 2.05) is 11.3 Å². The number of thiophene rings is 1. The largest absolute Gasteiger partial charge is 0.311 e. The zero-order chi connectivity index (χ0) is 44.1. The molecule has 0 radical (unpaired) electrons. The van der Waals surface area contributed by atoms with Gasteiger partial charge in [0.1, 0.15) is 0 Å². The van der Waals surface area contributed by atoms with Gasteiger partial charge in [0.2, 0.25) is 0 Å². The second kappa shape index (κ2) is 14.1. The molecule has 5 aliphatic rings. The van der Waals surface area contributed by atoms with Gasteiger partial charge in [-0.2, -0.15) is 0 Å². The molecule has 324 valence electrons. The van der Waals surface area contributed by atoms with E-state index in [1.165, 1.54) is 121 Å². The molecule has 3 bridgehead atoms. The molecule has 0 saturated heterocycles. The van der Waals surface area contributed by atoms with Crippen molar-refractivity contribution in [2.75, 3.05) is 9.80 Å². The third-order valence-electron chi connectivity index (χ3n) is 16.4. The zero-order valence-electron chi connectivity index (χ0n) is 40.2. The molecule has 3 fully saturated rings. The number of anilines is 6. The summed E-state index contributed by atoms with van der Waals surface area (Å²) in [6, 6.07) is 39.6. The molecule has 2 nitrogen and oxygen atoms in total. The summed E-state index contributed by atoms with van der Waals surface area (Å²) in [7, 11) is 0. The minimum atomic E-state index is 0.0132. The van der Waals surface area contributed by atoms with Crippen molar-refractivity contribution in [1.29, 1.82) is 0 Å². The summed E-state index contributed by atoms with van der Waals surface area (Å²) < 4.78 is 2.85. The maximum absolute atomic E-state index is 2.74. The maximum atomic E-state index is 2.74. The number of hydrogen-bond acceptors (Lipinski definition) is 3. The highest BCUT2D eigenvalue weighted by molar-refractivity contribution is 7.33. The Morgan fingerprint density at radius 3 is 1.67 bits per heavy atom. The highest BCUT2D eigenvalue weighted by Gasteiger charge is 2.49. The highest BCUT2D eigenvalue weighted by Crippen LogP contribution is 2.59. The van der Waals surface area contributed by atoms with E-state index in [4.69, 9.17) is 0 Å². The van der Waals surface area contributed by atoms with E-state index in [1.54, 1.807) is 5.56 Å². The number of fused-ring (bicyclic) bond motifs is 8. The minimum absolute atomic E-state index is 0.0132. The number of benzene rings is 5. The molecule has 2 aliphatic heterocycles. The van der Waals surface area contributed by atoms with Gasteiger partial charge in [-0.05, 0) is 177 Å². The van der Waals surface area contributed by atoms with E-state index < -0.39 is 0 Å². The summed E-state index contributed by atoms with van der Waals surface area (Å²) in [5.74, 6) is 4.06. The van der Waals surface area contributed by atoms with Gasteiger partial charge >= 0.3 is 0 Å². The Labute approximate surface area is 383 Å². The summed E-state index contributed by atoms with van der Waals surface area (Å²) in [6.45, 7) is 28.4. The third kappa shape index (κ3) is 6.77. The van der Waals surface area contributed by atoms with E-state index in [2.05, 4.69) is 190 Å². The lowest BCUT2D eigenvalue weighted by molar-refractivity contribution is 0.0153. The Morgan fingerprint density at radius 2 is 1.05 bits per heavy atom. The van der Waals surface area contributed by atoms with Crippen LogP contribution in [0.4, 0.5) is 34.1 Å². The first-order chi connectivity index (χ1) is 29.7. The lowest BCUT2D eigenvalue weighted by Crippen LogP contribution is -2.60. The SMILES string of the molecule is CC(C)(C)c1ccc(N2c3ccc(C(C)(C)C)cc3B3c4sc5ccc(C(C)(C)C)cc5c4N(c4ccc(C(C)(C)C)cc4)c4cc(C5CC6CC7CCC5C(C7)C6)cc2c43)cc1. The van der Waals surface area contributed by atoms with E-state index in [-0.39, 0.29) is 28.4 Å². The van der Waals surface area contributed by atoms with Crippen molar-refractivity contribution < 1.29 is 0 Å². The average Bonchev–Trinajstić information content (AvgIpc) is 3.59. The molecule has 6 aromatic rings. The fraction of sp³-hybridized carbons (Fsp3) is 0.458. The molecule has 0 N–H and O–H groups in total. The van der Waals surface area contributed by atoms with Crippen LogP contribution in [0.1, 0.15) is 155 Å². The van der Waals surface area contributed by atoms with Crippen molar-refractivity contribution >= 4 is 78.0 Å². The van der Waals surface area contributed by atoms with Crippen LogP contribution in [0, 0.1) is 23.7 Å². The second-order valence-corrected chi connectivity index (χ2v) is 25.8. The fourth-order valence-electron chi connectivity index (χ4n) is 12.9. The molecular weight excluding hydrogens is 780 g/mol. The number of rotatable bonds is 3. The van der Waals surface area contributed by atoms with Gasteiger partial charge in [0.25, 0.3) is 6.71 Å². The predicted molar refractivity (Wildman–Crippen MR) is 275 cm³/mol. The van der Waals surface area contributed by atoms with Gasteiger partial charge in [0.15, 0.2) is 0 Å².